The molecule has 0 aliphatic heterocycles. The van der Waals surface area contributed by atoms with E-state index in [-0.39, 0.29) is 18.6 Å². The fourth-order valence-electron chi connectivity index (χ4n) is 2.80. The molecule has 7 heteroatoms. The van der Waals surface area contributed by atoms with Gasteiger partial charge in [0.05, 0.1) is 32.1 Å². The van der Waals surface area contributed by atoms with E-state index in [2.05, 4.69) is 10.4 Å². The molecule has 1 amide bonds. The summed E-state index contributed by atoms with van der Waals surface area (Å²) in [6.45, 7) is 1.58. The van der Waals surface area contributed by atoms with Crippen molar-refractivity contribution in [2.24, 2.45) is 0 Å². The zero-order valence-corrected chi connectivity index (χ0v) is 16.0. The largest absolute Gasteiger partial charge is 0.493 e. The van der Waals surface area contributed by atoms with E-state index in [0.29, 0.717) is 28.3 Å². The van der Waals surface area contributed by atoms with Gasteiger partial charge in [0.25, 0.3) is 5.91 Å². The first-order chi connectivity index (χ1) is 13.6. The molecule has 1 aromatic heterocycles. The molecule has 0 aliphatic carbocycles. The Morgan fingerprint density at radius 2 is 1.86 bits per heavy atom. The molecule has 3 rings (SSSR count). The van der Waals surface area contributed by atoms with Crippen LogP contribution in [0, 0.1) is 0 Å². The molecule has 0 saturated carbocycles. The highest BCUT2D eigenvalue weighted by molar-refractivity contribution is 6.00. The minimum Gasteiger partial charge on any atom is -0.493 e. The fraction of sp³-hybridized carbons (Fsp3) is 0.238. The van der Waals surface area contributed by atoms with Gasteiger partial charge in [-0.15, -0.1) is 0 Å². The molecule has 0 radical (unpaired) electrons. The van der Waals surface area contributed by atoms with Crippen molar-refractivity contribution in [3.63, 3.8) is 0 Å². The van der Waals surface area contributed by atoms with Gasteiger partial charge in [-0.05, 0) is 37.3 Å². The van der Waals surface area contributed by atoms with Crippen LogP contribution in [0.1, 0.15) is 17.3 Å². The van der Waals surface area contributed by atoms with E-state index in [9.17, 15) is 9.90 Å². The molecular formula is C21H23N3O4. The number of benzene rings is 2. The van der Waals surface area contributed by atoms with E-state index in [1.165, 1.54) is 0 Å². The van der Waals surface area contributed by atoms with Gasteiger partial charge in [0.1, 0.15) is 5.69 Å². The van der Waals surface area contributed by atoms with Crippen LogP contribution in [-0.4, -0.2) is 47.7 Å². The maximum absolute atomic E-state index is 12.8. The summed E-state index contributed by atoms with van der Waals surface area (Å²) in [4.78, 5) is 12.8. The van der Waals surface area contributed by atoms with Crippen molar-refractivity contribution in [2.75, 3.05) is 20.8 Å². The number of ether oxygens (including phenoxy) is 2. The second-order valence-electron chi connectivity index (χ2n) is 6.30. The lowest BCUT2D eigenvalue weighted by Crippen LogP contribution is -2.35. The van der Waals surface area contributed by atoms with E-state index in [1.807, 2.05) is 36.4 Å². The molecule has 0 bridgehead atoms. The lowest BCUT2D eigenvalue weighted by Gasteiger charge is -2.11. The fourth-order valence-corrected chi connectivity index (χ4v) is 2.80. The van der Waals surface area contributed by atoms with Gasteiger partial charge >= 0.3 is 0 Å². The van der Waals surface area contributed by atoms with E-state index >= 15 is 0 Å². The van der Waals surface area contributed by atoms with Crippen molar-refractivity contribution in [1.82, 2.24) is 15.1 Å². The van der Waals surface area contributed by atoms with E-state index in [4.69, 9.17) is 9.47 Å². The van der Waals surface area contributed by atoms with Crippen molar-refractivity contribution in [3.8, 4) is 28.4 Å². The van der Waals surface area contributed by atoms with Gasteiger partial charge in [-0.1, -0.05) is 18.2 Å². The van der Waals surface area contributed by atoms with Crippen molar-refractivity contribution in [3.05, 3.63) is 60.3 Å². The summed E-state index contributed by atoms with van der Waals surface area (Å²) in [7, 11) is 3.12. The molecule has 1 atom stereocenters. The minimum absolute atomic E-state index is 0.149. The third kappa shape index (κ3) is 3.99. The molecule has 7 nitrogen and oxygen atoms in total. The molecular weight excluding hydrogens is 358 g/mol. The molecule has 0 fully saturated rings. The molecule has 28 heavy (non-hydrogen) atoms. The number of rotatable bonds is 7. The number of aliphatic hydroxyl groups is 1. The second-order valence-corrected chi connectivity index (χ2v) is 6.30. The Hall–Kier alpha value is -3.32. The first-order valence-electron chi connectivity index (χ1n) is 8.86. The maximum Gasteiger partial charge on any atom is 0.255 e. The minimum atomic E-state index is -0.370. The molecule has 0 saturated heterocycles. The molecule has 1 heterocycles. The summed E-state index contributed by atoms with van der Waals surface area (Å²) < 4.78 is 12.3. The molecule has 3 aromatic rings. The van der Waals surface area contributed by atoms with E-state index < -0.39 is 0 Å². The lowest BCUT2D eigenvalue weighted by molar-refractivity contribution is 0.0923. The van der Waals surface area contributed by atoms with Gasteiger partial charge < -0.3 is 19.9 Å². The quantitative estimate of drug-likeness (QED) is 0.657. The second kappa shape index (κ2) is 8.58. The van der Waals surface area contributed by atoms with Crippen LogP contribution in [0.4, 0.5) is 0 Å². The first-order valence-corrected chi connectivity index (χ1v) is 8.86. The van der Waals surface area contributed by atoms with Crippen molar-refractivity contribution < 1.29 is 19.4 Å². The molecule has 146 valence electrons. The Morgan fingerprint density at radius 1 is 1.14 bits per heavy atom. The van der Waals surface area contributed by atoms with Crippen LogP contribution in [0.2, 0.25) is 0 Å². The highest BCUT2D eigenvalue weighted by Crippen LogP contribution is 2.33. The highest BCUT2D eigenvalue weighted by Gasteiger charge is 2.21. The molecule has 2 N–H and O–H groups in total. The number of aromatic nitrogens is 2. The van der Waals surface area contributed by atoms with Crippen molar-refractivity contribution in [1.29, 1.82) is 0 Å². The zero-order valence-electron chi connectivity index (χ0n) is 16.0. The molecule has 0 aliphatic rings. The Bertz CT molecular complexity index is 954. The van der Waals surface area contributed by atoms with Gasteiger partial charge in [-0.25, -0.2) is 4.68 Å². The summed E-state index contributed by atoms with van der Waals surface area (Å²) in [5, 5.41) is 16.7. The van der Waals surface area contributed by atoms with Crippen LogP contribution in [0.3, 0.4) is 0 Å². The molecule has 1 unspecified atom stereocenters. The summed E-state index contributed by atoms with van der Waals surface area (Å²) >= 11 is 0. The van der Waals surface area contributed by atoms with Crippen LogP contribution in [0.5, 0.6) is 11.5 Å². The van der Waals surface area contributed by atoms with E-state index in [0.717, 1.165) is 5.69 Å². The predicted octanol–water partition coefficient (Wildman–Crippen LogP) is 2.67. The average Bonchev–Trinajstić information content (AvgIpc) is 3.19. The zero-order chi connectivity index (χ0) is 20.1. The SMILES string of the molecule is COc1ccc(-c2nn(-c3ccccc3)cc2C(=O)NC(C)CO)cc1OC. The normalized spacial score (nSPS) is 11.7. The van der Waals surface area contributed by atoms with Crippen molar-refractivity contribution in [2.45, 2.75) is 13.0 Å². The Morgan fingerprint density at radius 3 is 2.50 bits per heavy atom. The smallest absolute Gasteiger partial charge is 0.255 e. The van der Waals surface area contributed by atoms with Gasteiger partial charge in [0.15, 0.2) is 11.5 Å². The topological polar surface area (TPSA) is 85.6 Å². The average molecular weight is 381 g/mol. The number of nitrogens with zero attached hydrogens (tertiary/aromatic N) is 2. The number of carbonyl (C=O) groups excluding carboxylic acids is 1. The molecule has 0 spiro atoms. The van der Waals surface area contributed by atoms with Crippen LogP contribution in [0.25, 0.3) is 16.9 Å². The van der Waals surface area contributed by atoms with E-state index in [1.54, 1.807) is 44.2 Å². The number of hydrogen-bond acceptors (Lipinski definition) is 5. The number of hydrogen-bond donors (Lipinski definition) is 2. The van der Waals surface area contributed by atoms with Crippen molar-refractivity contribution >= 4 is 5.91 Å². The highest BCUT2D eigenvalue weighted by atomic mass is 16.5. The number of aliphatic hydroxyl groups excluding tert-OH is 1. The number of methoxy groups -OCH3 is 2. The number of carbonyl (C=O) groups is 1. The van der Waals surface area contributed by atoms with Gasteiger partial charge in [0.2, 0.25) is 0 Å². The predicted molar refractivity (Wildman–Crippen MR) is 106 cm³/mol. The number of amides is 1. The van der Waals surface area contributed by atoms with Crippen LogP contribution >= 0.6 is 0 Å². The van der Waals surface area contributed by atoms with Gasteiger partial charge in [0, 0.05) is 17.8 Å². The Labute approximate surface area is 163 Å². The monoisotopic (exact) mass is 381 g/mol. The van der Waals surface area contributed by atoms with Crippen LogP contribution in [-0.2, 0) is 0 Å². The summed E-state index contributed by atoms with van der Waals surface area (Å²) in [6.07, 6.45) is 1.68. The van der Waals surface area contributed by atoms with Gasteiger partial charge in [-0.2, -0.15) is 5.10 Å². The van der Waals surface area contributed by atoms with Gasteiger partial charge in [-0.3, -0.25) is 4.79 Å². The lowest BCUT2D eigenvalue weighted by atomic mass is 10.1. The Kier molecular flexibility index (Phi) is 5.96. The van der Waals surface area contributed by atoms with Crippen LogP contribution < -0.4 is 14.8 Å². The van der Waals surface area contributed by atoms with Crippen LogP contribution in [0.15, 0.2) is 54.7 Å². The standard InChI is InChI=1S/C21H23N3O4/c1-14(13-25)22-21(26)17-12-24(16-7-5-4-6-8-16)23-20(17)15-9-10-18(27-2)19(11-15)28-3/h4-12,14,25H,13H2,1-3H3,(H,22,26). The molecule has 2 aromatic carbocycles. The summed E-state index contributed by atoms with van der Waals surface area (Å²) in [6, 6.07) is 14.5. The third-order valence-corrected chi connectivity index (χ3v) is 4.29. The summed E-state index contributed by atoms with van der Waals surface area (Å²) in [5.41, 5.74) is 2.46. The first kappa shape index (κ1) is 19.4. The number of para-hydroxylation sites is 1. The number of nitrogens with one attached hydrogen (secondary N) is 1. The maximum atomic E-state index is 12.8. The Balaban J connectivity index is 2.10. The summed E-state index contributed by atoms with van der Waals surface area (Å²) in [5.74, 6) is 0.825. The third-order valence-electron chi connectivity index (χ3n) is 4.29.